The molecular formula is C21H29N5O2. The predicted molar refractivity (Wildman–Crippen MR) is 110 cm³/mol. The van der Waals surface area contributed by atoms with Crippen LogP contribution in [0.1, 0.15) is 36.7 Å². The van der Waals surface area contributed by atoms with E-state index in [1.807, 2.05) is 13.8 Å². The zero-order chi connectivity index (χ0) is 19.7. The van der Waals surface area contributed by atoms with Crippen LogP contribution in [0.3, 0.4) is 0 Å². The van der Waals surface area contributed by atoms with E-state index in [1.54, 1.807) is 6.07 Å². The summed E-state index contributed by atoms with van der Waals surface area (Å²) in [7, 11) is 0. The minimum atomic E-state index is -0.0969. The molecule has 4 heterocycles. The standard InChI is InChI=1S/C21H29N5O2/c1-14-9-17(10-15(2)22-14)11-18-5-4-6-26(18)21-23-19(12-20(27)24-21)25-7-8-28-16(3)13-25/h9-10,12,16,18H,4-8,11,13H2,1-3H3,(H,23,24,27)/t16-,18+/m1/s1. The van der Waals surface area contributed by atoms with Crippen LogP contribution in [-0.4, -0.2) is 53.3 Å². The molecule has 7 nitrogen and oxygen atoms in total. The summed E-state index contributed by atoms with van der Waals surface area (Å²) in [6.07, 6.45) is 3.29. The van der Waals surface area contributed by atoms with Crippen molar-refractivity contribution in [1.82, 2.24) is 15.0 Å². The van der Waals surface area contributed by atoms with Gasteiger partial charge in [0.15, 0.2) is 0 Å². The Labute approximate surface area is 165 Å². The van der Waals surface area contributed by atoms with Gasteiger partial charge < -0.3 is 14.5 Å². The van der Waals surface area contributed by atoms with Gasteiger partial charge in [0, 0.05) is 43.1 Å². The number of nitrogens with zero attached hydrogens (tertiary/aromatic N) is 4. The molecule has 0 radical (unpaired) electrons. The van der Waals surface area contributed by atoms with E-state index < -0.39 is 0 Å². The molecule has 0 aromatic carbocycles. The Morgan fingerprint density at radius 2 is 1.96 bits per heavy atom. The third-order valence-corrected chi connectivity index (χ3v) is 5.54. The van der Waals surface area contributed by atoms with Gasteiger partial charge in [-0.3, -0.25) is 14.8 Å². The SMILES string of the molecule is Cc1cc(C[C@@H]2CCCN2c2nc(N3CCO[C@H](C)C3)cc(=O)[nH]2)cc(C)n1. The van der Waals surface area contributed by atoms with Gasteiger partial charge in [0.25, 0.3) is 5.56 Å². The van der Waals surface area contributed by atoms with Crippen molar-refractivity contribution in [2.24, 2.45) is 0 Å². The molecular weight excluding hydrogens is 354 g/mol. The molecule has 2 aromatic heterocycles. The summed E-state index contributed by atoms with van der Waals surface area (Å²) in [5.41, 5.74) is 3.30. The third-order valence-electron chi connectivity index (χ3n) is 5.54. The van der Waals surface area contributed by atoms with Crippen LogP contribution in [0.2, 0.25) is 0 Å². The van der Waals surface area contributed by atoms with Crippen LogP contribution in [0, 0.1) is 13.8 Å². The maximum absolute atomic E-state index is 12.4. The van der Waals surface area contributed by atoms with Gasteiger partial charge in [-0.05, 0) is 57.7 Å². The second-order valence-corrected chi connectivity index (χ2v) is 8.01. The summed E-state index contributed by atoms with van der Waals surface area (Å²) >= 11 is 0. The minimum Gasteiger partial charge on any atom is -0.375 e. The van der Waals surface area contributed by atoms with Crippen molar-refractivity contribution in [2.75, 3.05) is 36.0 Å². The summed E-state index contributed by atoms with van der Waals surface area (Å²) in [6.45, 7) is 9.23. The van der Waals surface area contributed by atoms with E-state index >= 15 is 0 Å². The topological polar surface area (TPSA) is 74.3 Å². The highest BCUT2D eigenvalue weighted by Gasteiger charge is 2.28. The van der Waals surface area contributed by atoms with Crippen molar-refractivity contribution in [1.29, 1.82) is 0 Å². The lowest BCUT2D eigenvalue weighted by Crippen LogP contribution is -2.42. The number of hydrogen-bond acceptors (Lipinski definition) is 6. The first-order valence-electron chi connectivity index (χ1n) is 10.2. The van der Waals surface area contributed by atoms with E-state index in [1.165, 1.54) is 5.56 Å². The van der Waals surface area contributed by atoms with Gasteiger partial charge in [0.1, 0.15) is 5.82 Å². The number of aromatic amines is 1. The van der Waals surface area contributed by atoms with E-state index in [9.17, 15) is 4.79 Å². The highest BCUT2D eigenvalue weighted by Crippen LogP contribution is 2.26. The number of aryl methyl sites for hydroxylation is 2. The molecule has 0 saturated carbocycles. The number of nitrogens with one attached hydrogen (secondary N) is 1. The molecule has 2 aliphatic heterocycles. The predicted octanol–water partition coefficient (Wildman–Crippen LogP) is 2.22. The molecule has 4 rings (SSSR count). The first kappa shape index (κ1) is 18.9. The molecule has 0 aliphatic carbocycles. The first-order chi connectivity index (χ1) is 13.5. The number of aromatic nitrogens is 3. The molecule has 0 amide bonds. The summed E-state index contributed by atoms with van der Waals surface area (Å²) in [6, 6.07) is 6.25. The molecule has 0 spiro atoms. The van der Waals surface area contributed by atoms with E-state index in [0.29, 0.717) is 18.6 Å². The maximum Gasteiger partial charge on any atom is 0.254 e. The molecule has 2 fully saturated rings. The van der Waals surface area contributed by atoms with Gasteiger partial charge in [-0.15, -0.1) is 0 Å². The van der Waals surface area contributed by atoms with Crippen LogP contribution in [-0.2, 0) is 11.2 Å². The van der Waals surface area contributed by atoms with Gasteiger partial charge in [0.2, 0.25) is 5.95 Å². The van der Waals surface area contributed by atoms with Crippen LogP contribution in [0.25, 0.3) is 0 Å². The largest absolute Gasteiger partial charge is 0.375 e. The monoisotopic (exact) mass is 383 g/mol. The fourth-order valence-electron chi connectivity index (χ4n) is 4.39. The lowest BCUT2D eigenvalue weighted by molar-refractivity contribution is 0.0529. The zero-order valence-electron chi connectivity index (χ0n) is 16.9. The fourth-order valence-corrected chi connectivity index (χ4v) is 4.39. The normalized spacial score (nSPS) is 22.7. The average Bonchev–Trinajstić information content (AvgIpc) is 3.08. The molecule has 2 saturated heterocycles. The number of rotatable bonds is 4. The van der Waals surface area contributed by atoms with E-state index in [0.717, 1.165) is 56.1 Å². The van der Waals surface area contributed by atoms with Crippen LogP contribution < -0.4 is 15.4 Å². The van der Waals surface area contributed by atoms with Gasteiger partial charge in [-0.25, -0.2) is 0 Å². The van der Waals surface area contributed by atoms with Crippen molar-refractivity contribution < 1.29 is 4.74 Å². The number of hydrogen-bond donors (Lipinski definition) is 1. The van der Waals surface area contributed by atoms with Gasteiger partial charge in [0.05, 0.1) is 12.7 Å². The van der Waals surface area contributed by atoms with Gasteiger partial charge in [-0.2, -0.15) is 4.98 Å². The van der Waals surface area contributed by atoms with Crippen molar-refractivity contribution >= 4 is 11.8 Å². The van der Waals surface area contributed by atoms with Crippen molar-refractivity contribution in [3.8, 4) is 0 Å². The highest BCUT2D eigenvalue weighted by molar-refractivity contribution is 5.45. The van der Waals surface area contributed by atoms with E-state index in [-0.39, 0.29) is 11.7 Å². The molecule has 0 bridgehead atoms. The summed E-state index contributed by atoms with van der Waals surface area (Å²) in [4.78, 5) is 29.0. The average molecular weight is 383 g/mol. The lowest BCUT2D eigenvalue weighted by atomic mass is 10.0. The molecule has 150 valence electrons. The maximum atomic E-state index is 12.4. The zero-order valence-corrected chi connectivity index (χ0v) is 16.9. The second kappa shape index (κ2) is 7.91. The van der Waals surface area contributed by atoms with Gasteiger partial charge in [-0.1, -0.05) is 0 Å². The van der Waals surface area contributed by atoms with Crippen molar-refractivity contribution in [3.05, 3.63) is 45.5 Å². The van der Waals surface area contributed by atoms with Gasteiger partial charge >= 0.3 is 0 Å². The van der Waals surface area contributed by atoms with Crippen LogP contribution in [0.15, 0.2) is 23.0 Å². The van der Waals surface area contributed by atoms with Crippen LogP contribution in [0.5, 0.6) is 0 Å². The van der Waals surface area contributed by atoms with Crippen molar-refractivity contribution in [3.63, 3.8) is 0 Å². The highest BCUT2D eigenvalue weighted by atomic mass is 16.5. The molecule has 28 heavy (non-hydrogen) atoms. The third kappa shape index (κ3) is 4.19. The van der Waals surface area contributed by atoms with Crippen LogP contribution in [0.4, 0.5) is 11.8 Å². The lowest BCUT2D eigenvalue weighted by Gasteiger charge is -2.33. The smallest absolute Gasteiger partial charge is 0.254 e. The Balaban J connectivity index is 1.57. The molecule has 2 aromatic rings. The molecule has 2 atom stereocenters. The molecule has 1 N–H and O–H groups in total. The summed E-state index contributed by atoms with van der Waals surface area (Å²) in [5.74, 6) is 1.43. The van der Waals surface area contributed by atoms with E-state index in [2.05, 4.69) is 38.8 Å². The Morgan fingerprint density at radius 3 is 2.71 bits per heavy atom. The molecule has 0 unspecified atom stereocenters. The second-order valence-electron chi connectivity index (χ2n) is 8.01. The quantitative estimate of drug-likeness (QED) is 0.873. The Kier molecular flexibility index (Phi) is 5.35. The summed E-state index contributed by atoms with van der Waals surface area (Å²) in [5, 5.41) is 0. The van der Waals surface area contributed by atoms with Crippen LogP contribution >= 0.6 is 0 Å². The Hall–Kier alpha value is -2.41. The number of anilines is 2. The first-order valence-corrected chi connectivity index (χ1v) is 10.2. The molecule has 7 heteroatoms. The number of ether oxygens (including phenoxy) is 1. The van der Waals surface area contributed by atoms with Crippen molar-refractivity contribution in [2.45, 2.75) is 52.2 Å². The molecule has 2 aliphatic rings. The van der Waals surface area contributed by atoms with E-state index in [4.69, 9.17) is 9.72 Å². The fraction of sp³-hybridized carbons (Fsp3) is 0.571. The minimum absolute atomic E-state index is 0.0969. The Morgan fingerprint density at radius 1 is 1.18 bits per heavy atom. The number of H-pyrrole nitrogens is 1. The number of morpholine rings is 1. The summed E-state index contributed by atoms with van der Waals surface area (Å²) < 4.78 is 5.62. The Bertz CT molecular complexity index is 876. The number of pyridine rings is 1.